The molecule has 2 nitrogen and oxygen atoms in total. The van der Waals surface area contributed by atoms with Crippen molar-refractivity contribution in [3.63, 3.8) is 0 Å². The molecule has 0 aromatic rings. The normalized spacial score (nSPS) is 30.5. The van der Waals surface area contributed by atoms with Crippen molar-refractivity contribution in [2.24, 2.45) is 0 Å². The molecule has 76 valence electrons. The second-order valence-electron chi connectivity index (χ2n) is 4.54. The number of hydrogen-bond donors (Lipinski definition) is 0. The Kier molecular flexibility index (Phi) is 3.23. The number of likely N-dealkylation sites (N-methyl/N-ethyl adjacent to an activating group) is 1. The average Bonchev–Trinajstić information content (AvgIpc) is 2.87. The van der Waals surface area contributed by atoms with Gasteiger partial charge in [0.15, 0.2) is 0 Å². The second kappa shape index (κ2) is 4.43. The zero-order valence-electron chi connectivity index (χ0n) is 8.67. The Morgan fingerprint density at radius 3 is 2.31 bits per heavy atom. The molecule has 2 aliphatic rings. The molecule has 2 rings (SSSR count). The predicted octanol–water partition coefficient (Wildman–Crippen LogP) is 2.04. The molecule has 1 saturated carbocycles. The molecular weight excluding hydrogens is 162 g/mol. The van der Waals surface area contributed by atoms with Crippen LogP contribution in [0, 0.1) is 0 Å². The van der Waals surface area contributed by atoms with Crippen LogP contribution < -0.4 is 0 Å². The van der Waals surface area contributed by atoms with Crippen LogP contribution in [0.15, 0.2) is 0 Å². The quantitative estimate of drug-likeness (QED) is 0.491. The summed E-state index contributed by atoms with van der Waals surface area (Å²) in [7, 11) is 2.26. The van der Waals surface area contributed by atoms with Crippen molar-refractivity contribution in [3.8, 4) is 0 Å². The van der Waals surface area contributed by atoms with E-state index in [0.29, 0.717) is 6.10 Å². The number of ether oxygens (including phenoxy) is 1. The molecule has 1 atom stereocenters. The molecule has 1 unspecified atom stereocenters. The van der Waals surface area contributed by atoms with Crippen LogP contribution in [0.25, 0.3) is 0 Å². The Morgan fingerprint density at radius 1 is 1.15 bits per heavy atom. The predicted molar refractivity (Wildman–Crippen MR) is 53.9 cm³/mol. The Balaban J connectivity index is 1.74. The fourth-order valence-corrected chi connectivity index (χ4v) is 2.34. The lowest BCUT2D eigenvalue weighted by Crippen LogP contribution is -2.34. The first-order chi connectivity index (χ1) is 6.36. The molecule has 1 aliphatic heterocycles. The Hall–Kier alpha value is -0.0800. The van der Waals surface area contributed by atoms with E-state index in [0.717, 1.165) is 19.2 Å². The Bertz CT molecular complexity index is 148. The van der Waals surface area contributed by atoms with Crippen LogP contribution >= 0.6 is 0 Å². The largest absolute Gasteiger partial charge is 0.372 e. The topological polar surface area (TPSA) is 15.8 Å². The highest BCUT2D eigenvalue weighted by Gasteiger charge is 2.27. The van der Waals surface area contributed by atoms with Crippen molar-refractivity contribution < 1.29 is 4.74 Å². The third kappa shape index (κ3) is 2.96. The van der Waals surface area contributed by atoms with Gasteiger partial charge in [-0.15, -0.1) is 0 Å². The first kappa shape index (κ1) is 9.47. The van der Waals surface area contributed by atoms with E-state index in [2.05, 4.69) is 11.9 Å². The van der Waals surface area contributed by atoms with Crippen molar-refractivity contribution in [3.05, 3.63) is 0 Å². The summed E-state index contributed by atoms with van der Waals surface area (Å²) in [6, 6.07) is 0.840. The molecule has 2 heteroatoms. The Morgan fingerprint density at radius 2 is 1.77 bits per heavy atom. The SMILES string of the molecule is CN(CC1CO1)C1CCCCCC1. The summed E-state index contributed by atoms with van der Waals surface area (Å²) in [5.74, 6) is 0. The fraction of sp³-hybridized carbons (Fsp3) is 1.00. The molecule has 0 bridgehead atoms. The van der Waals surface area contributed by atoms with Gasteiger partial charge in [-0.2, -0.15) is 0 Å². The zero-order valence-corrected chi connectivity index (χ0v) is 8.67. The molecule has 1 heterocycles. The molecule has 0 aromatic heterocycles. The van der Waals surface area contributed by atoms with Gasteiger partial charge in [0.25, 0.3) is 0 Å². The van der Waals surface area contributed by atoms with E-state index in [4.69, 9.17) is 4.74 Å². The maximum Gasteiger partial charge on any atom is 0.0936 e. The van der Waals surface area contributed by atoms with Gasteiger partial charge in [0, 0.05) is 12.6 Å². The first-order valence-electron chi connectivity index (χ1n) is 5.68. The van der Waals surface area contributed by atoms with E-state index < -0.39 is 0 Å². The minimum absolute atomic E-state index is 0.563. The molecular formula is C11H21NO. The van der Waals surface area contributed by atoms with Crippen LogP contribution in [0.2, 0.25) is 0 Å². The molecule has 0 radical (unpaired) electrons. The van der Waals surface area contributed by atoms with Crippen LogP contribution in [-0.2, 0) is 4.74 Å². The lowest BCUT2D eigenvalue weighted by molar-refractivity contribution is 0.200. The van der Waals surface area contributed by atoms with Gasteiger partial charge in [0.05, 0.1) is 12.7 Å². The third-order valence-electron chi connectivity index (χ3n) is 3.34. The zero-order chi connectivity index (χ0) is 9.10. The fourth-order valence-electron chi connectivity index (χ4n) is 2.34. The highest BCUT2D eigenvalue weighted by atomic mass is 16.6. The van der Waals surface area contributed by atoms with Gasteiger partial charge in [0.1, 0.15) is 0 Å². The number of hydrogen-bond acceptors (Lipinski definition) is 2. The van der Waals surface area contributed by atoms with E-state index in [1.54, 1.807) is 0 Å². The summed E-state index contributed by atoms with van der Waals surface area (Å²) < 4.78 is 5.26. The third-order valence-corrected chi connectivity index (χ3v) is 3.34. The average molecular weight is 183 g/mol. The van der Waals surface area contributed by atoms with Crippen molar-refractivity contribution >= 4 is 0 Å². The van der Waals surface area contributed by atoms with Gasteiger partial charge >= 0.3 is 0 Å². The van der Waals surface area contributed by atoms with Crippen LogP contribution in [0.5, 0.6) is 0 Å². The van der Waals surface area contributed by atoms with E-state index in [-0.39, 0.29) is 0 Å². The standard InChI is InChI=1S/C11H21NO/c1-12(8-11-9-13-11)10-6-4-2-3-5-7-10/h10-11H,2-9H2,1H3. The molecule has 1 saturated heterocycles. The molecule has 13 heavy (non-hydrogen) atoms. The van der Waals surface area contributed by atoms with E-state index in [1.165, 1.54) is 38.5 Å². The van der Waals surface area contributed by atoms with Gasteiger partial charge in [-0.1, -0.05) is 25.7 Å². The molecule has 2 fully saturated rings. The van der Waals surface area contributed by atoms with Gasteiger partial charge < -0.3 is 9.64 Å². The summed E-state index contributed by atoms with van der Waals surface area (Å²) in [5, 5.41) is 0. The summed E-state index contributed by atoms with van der Waals surface area (Å²) in [4.78, 5) is 2.52. The second-order valence-corrected chi connectivity index (χ2v) is 4.54. The number of rotatable bonds is 3. The van der Waals surface area contributed by atoms with E-state index in [1.807, 2.05) is 0 Å². The summed E-state index contributed by atoms with van der Waals surface area (Å²) in [6.45, 7) is 2.15. The van der Waals surface area contributed by atoms with Gasteiger partial charge in [-0.3, -0.25) is 0 Å². The van der Waals surface area contributed by atoms with Crippen LogP contribution in [0.1, 0.15) is 38.5 Å². The van der Waals surface area contributed by atoms with Crippen LogP contribution in [0.3, 0.4) is 0 Å². The maximum atomic E-state index is 5.26. The number of epoxide rings is 1. The molecule has 0 aromatic carbocycles. The molecule has 1 aliphatic carbocycles. The number of nitrogens with zero attached hydrogens (tertiary/aromatic N) is 1. The minimum atomic E-state index is 0.563. The van der Waals surface area contributed by atoms with Crippen molar-refractivity contribution in [1.29, 1.82) is 0 Å². The van der Waals surface area contributed by atoms with Gasteiger partial charge in [0.2, 0.25) is 0 Å². The summed E-state index contributed by atoms with van der Waals surface area (Å²) in [5.41, 5.74) is 0. The smallest absolute Gasteiger partial charge is 0.0936 e. The van der Waals surface area contributed by atoms with Gasteiger partial charge in [-0.05, 0) is 19.9 Å². The summed E-state index contributed by atoms with van der Waals surface area (Å²) >= 11 is 0. The van der Waals surface area contributed by atoms with Crippen molar-refractivity contribution in [1.82, 2.24) is 4.90 Å². The van der Waals surface area contributed by atoms with Crippen LogP contribution in [0.4, 0.5) is 0 Å². The summed E-state index contributed by atoms with van der Waals surface area (Å²) in [6.07, 6.45) is 9.13. The molecule has 0 spiro atoms. The molecule has 0 amide bonds. The first-order valence-corrected chi connectivity index (χ1v) is 5.68. The van der Waals surface area contributed by atoms with Gasteiger partial charge in [-0.25, -0.2) is 0 Å². The van der Waals surface area contributed by atoms with E-state index in [9.17, 15) is 0 Å². The monoisotopic (exact) mass is 183 g/mol. The minimum Gasteiger partial charge on any atom is -0.372 e. The Labute approximate surface area is 81.3 Å². The van der Waals surface area contributed by atoms with E-state index >= 15 is 0 Å². The lowest BCUT2D eigenvalue weighted by atomic mass is 10.1. The van der Waals surface area contributed by atoms with Crippen molar-refractivity contribution in [2.75, 3.05) is 20.2 Å². The molecule has 0 N–H and O–H groups in total. The highest BCUT2D eigenvalue weighted by Crippen LogP contribution is 2.22. The van der Waals surface area contributed by atoms with Crippen molar-refractivity contribution in [2.45, 2.75) is 50.7 Å². The highest BCUT2D eigenvalue weighted by molar-refractivity contribution is 4.78. The lowest BCUT2D eigenvalue weighted by Gasteiger charge is -2.26. The maximum absolute atomic E-state index is 5.26. The van der Waals surface area contributed by atoms with Crippen LogP contribution in [-0.4, -0.2) is 37.2 Å².